The maximum atomic E-state index is 12.8. The van der Waals surface area contributed by atoms with Crippen LogP contribution in [0.4, 0.5) is 26.7 Å². The van der Waals surface area contributed by atoms with Crippen LogP contribution in [0.5, 0.6) is 0 Å². The van der Waals surface area contributed by atoms with E-state index < -0.39 is 31.0 Å². The molecule has 0 aliphatic rings. The maximum absolute atomic E-state index is 12.8. The van der Waals surface area contributed by atoms with Crippen LogP contribution in [0.3, 0.4) is 0 Å². The highest BCUT2D eigenvalue weighted by atomic mass is 19.3. The van der Waals surface area contributed by atoms with Crippen molar-refractivity contribution in [1.29, 1.82) is 0 Å². The molecule has 4 nitrogen and oxygen atoms in total. The van der Waals surface area contributed by atoms with Crippen LogP contribution in [0, 0.1) is 0 Å². The lowest BCUT2D eigenvalue weighted by atomic mass is 10.3. The van der Waals surface area contributed by atoms with Crippen LogP contribution in [-0.2, 0) is 9.47 Å². The van der Waals surface area contributed by atoms with Crippen LogP contribution in [0.15, 0.2) is 0 Å². The Bertz CT molecular complexity index is 287. The normalized spacial score (nSPS) is 14.2. The molecule has 1 atom stereocenters. The van der Waals surface area contributed by atoms with Gasteiger partial charge in [-0.2, -0.15) is 17.6 Å². The van der Waals surface area contributed by atoms with Crippen molar-refractivity contribution in [3.8, 4) is 0 Å². The molecule has 0 bridgehead atoms. The second-order valence-electron chi connectivity index (χ2n) is 3.34. The zero-order valence-corrected chi connectivity index (χ0v) is 10.1. The predicted octanol–water partition coefficient (Wildman–Crippen LogP) is 2.63. The van der Waals surface area contributed by atoms with E-state index in [0.717, 1.165) is 0 Å². The van der Waals surface area contributed by atoms with E-state index in [4.69, 9.17) is 0 Å². The SMILES string of the molecule is CCN(C(=O)OC(F)(F)C(F)(F)CF)C(C)OC. The highest BCUT2D eigenvalue weighted by Crippen LogP contribution is 2.36. The minimum absolute atomic E-state index is 0.106. The molecule has 0 fully saturated rings. The van der Waals surface area contributed by atoms with E-state index in [1.165, 1.54) is 21.0 Å². The van der Waals surface area contributed by atoms with Crippen molar-refractivity contribution in [2.24, 2.45) is 0 Å². The highest BCUT2D eigenvalue weighted by molar-refractivity contribution is 5.68. The van der Waals surface area contributed by atoms with Crippen LogP contribution >= 0.6 is 0 Å². The van der Waals surface area contributed by atoms with E-state index in [-0.39, 0.29) is 6.54 Å². The van der Waals surface area contributed by atoms with Gasteiger partial charge >= 0.3 is 18.1 Å². The van der Waals surface area contributed by atoms with Gasteiger partial charge in [0.2, 0.25) is 0 Å². The van der Waals surface area contributed by atoms with Gasteiger partial charge in [-0.05, 0) is 13.8 Å². The van der Waals surface area contributed by atoms with Gasteiger partial charge in [0.1, 0.15) is 6.23 Å². The van der Waals surface area contributed by atoms with Gasteiger partial charge in [-0.1, -0.05) is 0 Å². The Hall–Kier alpha value is -1.12. The molecule has 0 saturated heterocycles. The molecule has 18 heavy (non-hydrogen) atoms. The fourth-order valence-electron chi connectivity index (χ4n) is 0.983. The molecule has 1 unspecified atom stereocenters. The summed E-state index contributed by atoms with van der Waals surface area (Å²) in [6, 6.07) is 0. The smallest absolute Gasteiger partial charge is 0.379 e. The number of nitrogens with zero attached hydrogens (tertiary/aromatic N) is 1. The molecule has 0 aromatic heterocycles. The fourth-order valence-corrected chi connectivity index (χ4v) is 0.983. The van der Waals surface area contributed by atoms with E-state index in [2.05, 4.69) is 9.47 Å². The maximum Gasteiger partial charge on any atom is 0.470 e. The second kappa shape index (κ2) is 6.17. The van der Waals surface area contributed by atoms with Gasteiger partial charge in [-0.15, -0.1) is 0 Å². The molecule has 0 rings (SSSR count). The van der Waals surface area contributed by atoms with Gasteiger partial charge in [0.15, 0.2) is 6.67 Å². The number of alkyl halides is 5. The number of amides is 1. The summed E-state index contributed by atoms with van der Waals surface area (Å²) < 4.78 is 70.4. The summed E-state index contributed by atoms with van der Waals surface area (Å²) >= 11 is 0. The third kappa shape index (κ3) is 3.69. The molecule has 0 aromatic rings. The quantitative estimate of drug-likeness (QED) is 0.554. The topological polar surface area (TPSA) is 38.8 Å². The molecule has 0 aliphatic carbocycles. The predicted molar refractivity (Wildman–Crippen MR) is 51.2 cm³/mol. The van der Waals surface area contributed by atoms with E-state index in [1.807, 2.05) is 0 Å². The zero-order valence-electron chi connectivity index (χ0n) is 10.1. The summed E-state index contributed by atoms with van der Waals surface area (Å²) in [4.78, 5) is 11.9. The van der Waals surface area contributed by atoms with Crippen molar-refractivity contribution in [1.82, 2.24) is 4.90 Å². The van der Waals surface area contributed by atoms with Gasteiger partial charge in [0.25, 0.3) is 0 Å². The highest BCUT2D eigenvalue weighted by Gasteiger charge is 2.61. The van der Waals surface area contributed by atoms with Gasteiger partial charge in [0, 0.05) is 13.7 Å². The lowest BCUT2D eigenvalue weighted by Crippen LogP contribution is -2.50. The van der Waals surface area contributed by atoms with Crippen molar-refractivity contribution >= 4 is 6.09 Å². The first-order chi connectivity index (χ1) is 8.12. The van der Waals surface area contributed by atoms with Crippen molar-refractivity contribution in [3.05, 3.63) is 0 Å². The molecule has 9 heteroatoms. The van der Waals surface area contributed by atoms with E-state index >= 15 is 0 Å². The molecule has 0 N–H and O–H groups in total. The molecule has 0 spiro atoms. The largest absolute Gasteiger partial charge is 0.470 e. The third-order valence-corrected chi connectivity index (χ3v) is 2.16. The van der Waals surface area contributed by atoms with E-state index in [9.17, 15) is 26.7 Å². The number of rotatable bonds is 6. The van der Waals surface area contributed by atoms with Crippen LogP contribution in [0.2, 0.25) is 0 Å². The Balaban J connectivity index is 4.83. The zero-order chi connectivity index (χ0) is 14.6. The average Bonchev–Trinajstić information content (AvgIpc) is 2.28. The van der Waals surface area contributed by atoms with Crippen LogP contribution in [0.25, 0.3) is 0 Å². The summed E-state index contributed by atoms with van der Waals surface area (Å²) in [5.74, 6) is -5.07. The number of carbonyl (C=O) groups excluding carboxylic acids is 1. The molecule has 1 amide bonds. The number of carbonyl (C=O) groups is 1. The summed E-state index contributed by atoms with van der Waals surface area (Å²) in [6.07, 6.45) is -7.89. The first-order valence-corrected chi connectivity index (χ1v) is 4.97. The lowest BCUT2D eigenvalue weighted by molar-refractivity contribution is -0.328. The molecular formula is C9H14F5NO3. The summed E-state index contributed by atoms with van der Waals surface area (Å²) in [5, 5.41) is 0. The molecule has 0 aromatic carbocycles. The minimum atomic E-state index is -5.22. The van der Waals surface area contributed by atoms with Gasteiger partial charge in [0.05, 0.1) is 0 Å². The van der Waals surface area contributed by atoms with Crippen LogP contribution in [0.1, 0.15) is 13.8 Å². The lowest BCUT2D eigenvalue weighted by Gasteiger charge is -2.29. The monoisotopic (exact) mass is 279 g/mol. The standard InChI is InChI=1S/C9H14F5NO3/c1-4-15(6(2)17-3)7(16)18-9(13,14)8(11,12)5-10/h6H,4-5H2,1-3H3. The summed E-state index contributed by atoms with van der Waals surface area (Å²) in [6.45, 7) is -0.0111. The molecule has 108 valence electrons. The number of methoxy groups -OCH3 is 1. The van der Waals surface area contributed by atoms with Gasteiger partial charge in [-0.25, -0.2) is 9.18 Å². The Kier molecular flexibility index (Phi) is 5.78. The number of ether oxygens (including phenoxy) is 2. The van der Waals surface area contributed by atoms with Crippen LogP contribution in [-0.4, -0.2) is 49.6 Å². The van der Waals surface area contributed by atoms with Gasteiger partial charge < -0.3 is 9.47 Å². The van der Waals surface area contributed by atoms with Crippen molar-refractivity contribution in [2.45, 2.75) is 32.1 Å². The molecular weight excluding hydrogens is 265 g/mol. The number of hydrogen-bond acceptors (Lipinski definition) is 3. The Morgan fingerprint density at radius 2 is 1.83 bits per heavy atom. The Morgan fingerprint density at radius 1 is 1.33 bits per heavy atom. The van der Waals surface area contributed by atoms with Crippen molar-refractivity contribution < 1.29 is 36.2 Å². The van der Waals surface area contributed by atoms with E-state index in [1.54, 1.807) is 0 Å². The Morgan fingerprint density at radius 3 is 2.17 bits per heavy atom. The third-order valence-electron chi connectivity index (χ3n) is 2.16. The van der Waals surface area contributed by atoms with Crippen LogP contribution < -0.4 is 0 Å². The first kappa shape index (κ1) is 16.9. The molecule has 0 heterocycles. The summed E-state index contributed by atoms with van der Waals surface area (Å²) in [7, 11) is 1.19. The Labute approximate surface area is 101 Å². The summed E-state index contributed by atoms with van der Waals surface area (Å²) in [5.41, 5.74) is 0. The van der Waals surface area contributed by atoms with E-state index in [0.29, 0.717) is 4.90 Å². The number of halogens is 5. The number of hydrogen-bond donors (Lipinski definition) is 0. The minimum Gasteiger partial charge on any atom is -0.379 e. The fraction of sp³-hybridized carbons (Fsp3) is 0.889. The van der Waals surface area contributed by atoms with Crippen molar-refractivity contribution in [3.63, 3.8) is 0 Å². The molecule has 0 saturated carbocycles. The van der Waals surface area contributed by atoms with Gasteiger partial charge in [-0.3, -0.25) is 4.90 Å². The van der Waals surface area contributed by atoms with Crippen molar-refractivity contribution in [2.75, 3.05) is 20.3 Å². The second-order valence-corrected chi connectivity index (χ2v) is 3.34. The molecule has 0 radical (unpaired) electrons. The average molecular weight is 279 g/mol. The first-order valence-electron chi connectivity index (χ1n) is 4.97. The molecule has 0 aliphatic heterocycles.